The largest absolute Gasteiger partial charge is 0.321 e. The molecule has 0 unspecified atom stereocenters. The molecule has 3 N–H and O–H groups in total. The molecule has 0 fully saturated rings. The second kappa shape index (κ2) is 4.75. The summed E-state index contributed by atoms with van der Waals surface area (Å²) in [5.41, 5.74) is -1.09. The van der Waals surface area contributed by atoms with Crippen LogP contribution in [0.2, 0.25) is 0 Å². The lowest BCUT2D eigenvalue weighted by molar-refractivity contribution is -0.126. The van der Waals surface area contributed by atoms with Crippen molar-refractivity contribution in [1.82, 2.24) is 16.0 Å². The molecule has 0 aromatic carbocycles. The predicted octanol–water partition coefficient (Wildman–Crippen LogP) is -2.63. The molecule has 3 amide bonds. The summed E-state index contributed by atoms with van der Waals surface area (Å²) in [6, 6.07) is 0. The van der Waals surface area contributed by atoms with Gasteiger partial charge in [-0.25, -0.2) is 0 Å². The molecule has 7 heteroatoms. The van der Waals surface area contributed by atoms with Gasteiger partial charge in [0.2, 0.25) is 17.7 Å². The molecule has 14 heavy (non-hydrogen) atoms. The van der Waals surface area contributed by atoms with Crippen molar-refractivity contribution in [2.75, 3.05) is 0 Å². The van der Waals surface area contributed by atoms with E-state index in [9.17, 15) is 14.4 Å². The standard InChI is InChI=1S/C7H15N3O3Si/c1-4(11)8-7(14,9-5(2)12)10-6(3)13/h1-3,14H3,(H,8,11)(H,9,12)(H,10,13). The highest BCUT2D eigenvalue weighted by molar-refractivity contribution is 6.18. The van der Waals surface area contributed by atoms with E-state index >= 15 is 0 Å². The van der Waals surface area contributed by atoms with E-state index in [2.05, 4.69) is 16.0 Å². The van der Waals surface area contributed by atoms with Crippen LogP contribution in [-0.2, 0) is 14.4 Å². The topological polar surface area (TPSA) is 87.3 Å². The predicted molar refractivity (Wildman–Crippen MR) is 54.1 cm³/mol. The summed E-state index contributed by atoms with van der Waals surface area (Å²) in [5, 5.41) is 7.43. The monoisotopic (exact) mass is 217 g/mol. The van der Waals surface area contributed by atoms with E-state index in [0.29, 0.717) is 10.2 Å². The normalized spacial score (nSPS) is 10.5. The van der Waals surface area contributed by atoms with Gasteiger partial charge in [0.25, 0.3) is 0 Å². The van der Waals surface area contributed by atoms with Crippen molar-refractivity contribution in [2.45, 2.75) is 26.2 Å². The fraction of sp³-hybridized carbons (Fsp3) is 0.571. The molecule has 0 heterocycles. The second-order valence-electron chi connectivity index (χ2n) is 3.17. The molecule has 0 saturated heterocycles. The minimum atomic E-state index is -1.09. The van der Waals surface area contributed by atoms with Gasteiger partial charge in [-0.05, 0) is 0 Å². The van der Waals surface area contributed by atoms with Gasteiger partial charge in [-0.1, -0.05) is 0 Å². The van der Waals surface area contributed by atoms with E-state index < -0.39 is 5.41 Å². The number of amides is 3. The summed E-state index contributed by atoms with van der Waals surface area (Å²) in [5.74, 6) is -0.951. The van der Waals surface area contributed by atoms with Gasteiger partial charge in [-0.3, -0.25) is 14.4 Å². The molecule has 0 atom stereocenters. The number of carbonyl (C=O) groups is 3. The molecular weight excluding hydrogens is 202 g/mol. The smallest absolute Gasteiger partial charge is 0.219 e. The number of hydrogen-bond acceptors (Lipinski definition) is 3. The Hall–Kier alpha value is -1.37. The summed E-state index contributed by atoms with van der Waals surface area (Å²) in [6.45, 7) is 3.95. The Morgan fingerprint density at radius 1 is 0.857 bits per heavy atom. The van der Waals surface area contributed by atoms with E-state index in [1.165, 1.54) is 20.8 Å². The van der Waals surface area contributed by atoms with E-state index in [-0.39, 0.29) is 17.7 Å². The molecule has 0 bridgehead atoms. The summed E-state index contributed by atoms with van der Waals surface area (Å²) >= 11 is 0. The first-order chi connectivity index (χ1) is 6.25. The van der Waals surface area contributed by atoms with Gasteiger partial charge in [0.05, 0.1) is 10.2 Å². The summed E-state index contributed by atoms with van der Waals surface area (Å²) in [7, 11) is 0.366. The lowest BCUT2D eigenvalue weighted by Crippen LogP contribution is -2.70. The van der Waals surface area contributed by atoms with Crippen LogP contribution < -0.4 is 16.0 Å². The van der Waals surface area contributed by atoms with Gasteiger partial charge in [-0.2, -0.15) is 0 Å². The first-order valence-corrected chi connectivity index (χ1v) is 5.11. The molecule has 80 valence electrons. The van der Waals surface area contributed by atoms with Crippen LogP contribution in [0.15, 0.2) is 0 Å². The zero-order valence-corrected chi connectivity index (χ0v) is 10.7. The van der Waals surface area contributed by atoms with Crippen molar-refractivity contribution in [3.8, 4) is 0 Å². The zero-order valence-electron chi connectivity index (χ0n) is 8.72. The Labute approximate surface area is 85.2 Å². The van der Waals surface area contributed by atoms with Gasteiger partial charge in [0.1, 0.15) is 0 Å². The molecule has 0 aliphatic carbocycles. The summed E-state index contributed by atoms with van der Waals surface area (Å²) < 4.78 is 0. The van der Waals surface area contributed by atoms with Crippen molar-refractivity contribution in [3.05, 3.63) is 0 Å². The van der Waals surface area contributed by atoms with Gasteiger partial charge < -0.3 is 16.0 Å². The third-order valence-electron chi connectivity index (χ3n) is 1.28. The maximum atomic E-state index is 10.8. The zero-order chi connectivity index (χ0) is 11.4. The minimum absolute atomic E-state index is 0.317. The molecule has 0 spiro atoms. The molecule has 0 aromatic rings. The van der Waals surface area contributed by atoms with E-state index in [4.69, 9.17) is 0 Å². The Morgan fingerprint density at radius 2 is 1.07 bits per heavy atom. The van der Waals surface area contributed by atoms with Crippen molar-refractivity contribution in [2.24, 2.45) is 0 Å². The molecule has 0 aromatic heterocycles. The molecule has 6 nitrogen and oxygen atoms in total. The van der Waals surface area contributed by atoms with Crippen molar-refractivity contribution in [3.63, 3.8) is 0 Å². The first kappa shape index (κ1) is 12.6. The third kappa shape index (κ3) is 5.30. The van der Waals surface area contributed by atoms with Crippen molar-refractivity contribution < 1.29 is 14.4 Å². The van der Waals surface area contributed by atoms with E-state index in [1.54, 1.807) is 0 Å². The molecular formula is C7H15N3O3Si. The summed E-state index contributed by atoms with van der Waals surface area (Å²) in [6.07, 6.45) is 0. The van der Waals surface area contributed by atoms with Gasteiger partial charge in [0.15, 0.2) is 5.41 Å². The fourth-order valence-electron chi connectivity index (χ4n) is 1.15. The molecule has 0 saturated carbocycles. The average Bonchev–Trinajstić information content (AvgIpc) is 1.76. The number of nitrogens with one attached hydrogen (secondary N) is 3. The highest BCUT2D eigenvalue weighted by atomic mass is 28.1. The van der Waals surface area contributed by atoms with Crippen LogP contribution in [0.25, 0.3) is 0 Å². The maximum Gasteiger partial charge on any atom is 0.219 e. The Balaban J connectivity index is 4.56. The number of carbonyl (C=O) groups excluding carboxylic acids is 3. The van der Waals surface area contributed by atoms with Crippen molar-refractivity contribution >= 4 is 28.0 Å². The highest BCUT2D eigenvalue weighted by Crippen LogP contribution is 1.88. The van der Waals surface area contributed by atoms with Crippen LogP contribution >= 0.6 is 0 Å². The molecule has 0 aliphatic rings. The van der Waals surface area contributed by atoms with Crippen LogP contribution in [0.4, 0.5) is 0 Å². The molecule has 0 radical (unpaired) electrons. The first-order valence-electron chi connectivity index (χ1n) is 4.11. The average molecular weight is 217 g/mol. The third-order valence-corrected chi connectivity index (χ3v) is 2.03. The lowest BCUT2D eigenvalue weighted by Gasteiger charge is -2.31. The minimum Gasteiger partial charge on any atom is -0.321 e. The fourth-order valence-corrected chi connectivity index (χ4v) is 2.21. The Bertz CT molecular complexity index is 226. The van der Waals surface area contributed by atoms with Crippen LogP contribution in [0, 0.1) is 0 Å². The maximum absolute atomic E-state index is 10.8. The van der Waals surface area contributed by atoms with Crippen LogP contribution in [0.1, 0.15) is 20.8 Å². The van der Waals surface area contributed by atoms with E-state index in [0.717, 1.165) is 0 Å². The molecule has 0 rings (SSSR count). The lowest BCUT2D eigenvalue weighted by atomic mass is 10.5. The number of rotatable bonds is 3. The van der Waals surface area contributed by atoms with Crippen molar-refractivity contribution in [1.29, 1.82) is 0 Å². The Kier molecular flexibility index (Phi) is 4.28. The molecule has 0 aliphatic heterocycles. The Morgan fingerprint density at radius 3 is 1.21 bits per heavy atom. The van der Waals surface area contributed by atoms with Crippen LogP contribution in [-0.4, -0.2) is 33.4 Å². The highest BCUT2D eigenvalue weighted by Gasteiger charge is 2.25. The number of hydrogen-bond donors (Lipinski definition) is 3. The van der Waals surface area contributed by atoms with Crippen LogP contribution in [0.5, 0.6) is 0 Å². The van der Waals surface area contributed by atoms with E-state index in [1.807, 2.05) is 0 Å². The summed E-state index contributed by atoms with van der Waals surface area (Å²) in [4.78, 5) is 32.5. The SMILES string of the molecule is CC(=O)NC([SiH3])(NC(C)=O)NC(C)=O. The quantitative estimate of drug-likeness (QED) is 0.357. The van der Waals surface area contributed by atoms with Gasteiger partial charge >= 0.3 is 0 Å². The second-order valence-corrected chi connectivity index (χ2v) is 4.67. The van der Waals surface area contributed by atoms with Gasteiger partial charge in [-0.15, -0.1) is 0 Å². The van der Waals surface area contributed by atoms with Gasteiger partial charge in [0, 0.05) is 20.8 Å². The van der Waals surface area contributed by atoms with Crippen LogP contribution in [0.3, 0.4) is 0 Å².